The van der Waals surface area contributed by atoms with E-state index in [-0.39, 0.29) is 32.0 Å². The first-order valence-electron chi connectivity index (χ1n) is 10.9. The predicted octanol–water partition coefficient (Wildman–Crippen LogP) is 4.51. The zero-order valence-corrected chi connectivity index (χ0v) is 21.8. The number of hydrogen-bond donors (Lipinski definition) is 2. The molecule has 0 aliphatic heterocycles. The maximum absolute atomic E-state index is 13.7. The number of nitrogens with zero attached hydrogens (tertiary/aromatic N) is 2. The SMILES string of the molecule is O=C(CN(c1ccc(F)c(Cl)c1)S(=O)(=O)c1ccccc1)Nc1ccc(S(=O)(=O)Nc2ccccn2)cc1. The Morgan fingerprint density at radius 2 is 1.55 bits per heavy atom. The van der Waals surface area contributed by atoms with Crippen molar-refractivity contribution in [2.45, 2.75) is 9.79 Å². The van der Waals surface area contributed by atoms with Crippen molar-refractivity contribution in [3.05, 3.63) is 108 Å². The summed E-state index contributed by atoms with van der Waals surface area (Å²) in [5.74, 6) is -1.33. The third-order valence-corrected chi connectivity index (χ3v) is 8.61. The Bertz CT molecular complexity index is 1660. The van der Waals surface area contributed by atoms with Crippen LogP contribution in [0.3, 0.4) is 0 Å². The van der Waals surface area contributed by atoms with E-state index in [0.29, 0.717) is 0 Å². The van der Waals surface area contributed by atoms with E-state index < -0.39 is 38.3 Å². The van der Waals surface area contributed by atoms with Crippen LogP contribution >= 0.6 is 11.6 Å². The Labute approximate surface area is 224 Å². The zero-order valence-electron chi connectivity index (χ0n) is 19.5. The minimum atomic E-state index is -4.23. The van der Waals surface area contributed by atoms with E-state index in [1.54, 1.807) is 18.2 Å². The third-order valence-electron chi connectivity index (χ3n) is 5.16. The van der Waals surface area contributed by atoms with Crippen LogP contribution in [0, 0.1) is 5.82 Å². The molecule has 0 bridgehead atoms. The quantitative estimate of drug-likeness (QED) is 0.303. The molecule has 0 radical (unpaired) electrons. The molecule has 38 heavy (non-hydrogen) atoms. The van der Waals surface area contributed by atoms with Gasteiger partial charge >= 0.3 is 0 Å². The summed E-state index contributed by atoms with van der Waals surface area (Å²) in [5, 5.41) is 2.23. The van der Waals surface area contributed by atoms with Gasteiger partial charge in [0.2, 0.25) is 5.91 Å². The first kappa shape index (κ1) is 27.0. The van der Waals surface area contributed by atoms with Crippen LogP contribution in [0.2, 0.25) is 5.02 Å². The highest BCUT2D eigenvalue weighted by Crippen LogP contribution is 2.28. The standard InChI is InChI=1S/C25H20ClFN4O5S2/c26-22-16-19(11-14-23(22)27)31(38(35,36)21-6-2-1-3-7-21)17-25(32)29-18-9-12-20(13-10-18)37(33,34)30-24-8-4-5-15-28-24/h1-16H,17H2,(H,28,30)(H,29,32). The van der Waals surface area contributed by atoms with Crippen molar-refractivity contribution in [1.29, 1.82) is 0 Å². The maximum atomic E-state index is 13.7. The number of benzene rings is 3. The van der Waals surface area contributed by atoms with Crippen LogP contribution in [-0.4, -0.2) is 34.3 Å². The van der Waals surface area contributed by atoms with Gasteiger partial charge in [0.05, 0.1) is 20.5 Å². The molecule has 1 aromatic heterocycles. The molecule has 1 amide bonds. The predicted molar refractivity (Wildman–Crippen MR) is 143 cm³/mol. The van der Waals surface area contributed by atoms with E-state index >= 15 is 0 Å². The number of carbonyl (C=O) groups is 1. The average molecular weight is 575 g/mol. The normalized spacial score (nSPS) is 11.5. The number of nitrogens with one attached hydrogen (secondary N) is 2. The molecule has 4 aromatic rings. The van der Waals surface area contributed by atoms with E-state index in [0.717, 1.165) is 16.4 Å². The van der Waals surface area contributed by atoms with Gasteiger partial charge in [-0.05, 0) is 66.7 Å². The Kier molecular flexibility index (Phi) is 7.95. The molecule has 1 heterocycles. The number of carbonyl (C=O) groups excluding carboxylic acids is 1. The van der Waals surface area contributed by atoms with Gasteiger partial charge in [-0.15, -0.1) is 0 Å². The van der Waals surface area contributed by atoms with Crippen LogP contribution in [0.1, 0.15) is 0 Å². The highest BCUT2D eigenvalue weighted by Gasteiger charge is 2.28. The van der Waals surface area contributed by atoms with E-state index in [1.807, 2.05) is 0 Å². The van der Waals surface area contributed by atoms with E-state index in [4.69, 9.17) is 11.6 Å². The van der Waals surface area contributed by atoms with Crippen LogP contribution < -0.4 is 14.3 Å². The van der Waals surface area contributed by atoms with Gasteiger partial charge in [-0.25, -0.2) is 26.2 Å². The first-order chi connectivity index (χ1) is 18.1. The minimum absolute atomic E-state index is 0.0163. The number of rotatable bonds is 9. The van der Waals surface area contributed by atoms with Crippen molar-refractivity contribution in [3.63, 3.8) is 0 Å². The second-order valence-corrected chi connectivity index (χ2v) is 11.8. The molecular weight excluding hydrogens is 555 g/mol. The molecule has 0 saturated carbocycles. The lowest BCUT2D eigenvalue weighted by molar-refractivity contribution is -0.114. The summed E-state index contributed by atoms with van der Waals surface area (Å²) in [4.78, 5) is 16.7. The second-order valence-electron chi connectivity index (χ2n) is 7.82. The van der Waals surface area contributed by atoms with Crippen LogP contribution in [0.15, 0.2) is 107 Å². The summed E-state index contributed by atoms with van der Waals surface area (Å²) in [6.45, 7) is -0.666. The van der Waals surface area contributed by atoms with Gasteiger partial charge in [0.1, 0.15) is 18.2 Å². The maximum Gasteiger partial charge on any atom is 0.264 e. The average Bonchev–Trinajstić information content (AvgIpc) is 2.90. The zero-order chi connectivity index (χ0) is 27.3. The molecule has 0 fully saturated rings. The first-order valence-corrected chi connectivity index (χ1v) is 14.2. The van der Waals surface area contributed by atoms with E-state index in [2.05, 4.69) is 15.0 Å². The molecule has 13 heteroatoms. The third kappa shape index (κ3) is 6.28. The molecular formula is C25H20ClFN4O5S2. The number of pyridine rings is 1. The fourth-order valence-electron chi connectivity index (χ4n) is 3.34. The lowest BCUT2D eigenvalue weighted by Crippen LogP contribution is -2.38. The molecule has 0 aliphatic rings. The molecule has 0 atom stereocenters. The highest BCUT2D eigenvalue weighted by molar-refractivity contribution is 7.93. The molecule has 9 nitrogen and oxygen atoms in total. The molecule has 4 rings (SSSR count). The van der Waals surface area contributed by atoms with Gasteiger partial charge in [-0.1, -0.05) is 35.9 Å². The summed E-state index contributed by atoms with van der Waals surface area (Å²) in [5.41, 5.74) is 0.207. The Morgan fingerprint density at radius 1 is 0.868 bits per heavy atom. The van der Waals surface area contributed by atoms with Gasteiger partial charge in [0.15, 0.2) is 0 Å². The van der Waals surface area contributed by atoms with Crippen molar-refractivity contribution in [2.24, 2.45) is 0 Å². The summed E-state index contributed by atoms with van der Waals surface area (Å²) >= 11 is 5.87. The number of aromatic nitrogens is 1. The van der Waals surface area contributed by atoms with Gasteiger partial charge in [-0.3, -0.25) is 13.8 Å². The monoisotopic (exact) mass is 574 g/mol. The van der Waals surface area contributed by atoms with Crippen molar-refractivity contribution < 1.29 is 26.0 Å². The molecule has 3 aromatic carbocycles. The molecule has 0 unspecified atom stereocenters. The summed E-state index contributed by atoms with van der Waals surface area (Å²) in [7, 11) is -8.16. The summed E-state index contributed by atoms with van der Waals surface area (Å²) < 4.78 is 68.8. The fourth-order valence-corrected chi connectivity index (χ4v) is 5.96. The van der Waals surface area contributed by atoms with Crippen LogP contribution in [0.4, 0.5) is 21.6 Å². The number of anilines is 3. The van der Waals surface area contributed by atoms with E-state index in [9.17, 15) is 26.0 Å². The van der Waals surface area contributed by atoms with E-state index in [1.165, 1.54) is 66.9 Å². The Morgan fingerprint density at radius 3 is 2.18 bits per heavy atom. The second kappa shape index (κ2) is 11.2. The molecule has 0 spiro atoms. The highest BCUT2D eigenvalue weighted by atomic mass is 35.5. The van der Waals surface area contributed by atoms with Crippen molar-refractivity contribution >= 4 is 54.7 Å². The Hall–Kier alpha value is -4.00. The molecule has 0 aliphatic carbocycles. The number of sulfonamides is 2. The van der Waals surface area contributed by atoms with Crippen molar-refractivity contribution in [3.8, 4) is 0 Å². The lowest BCUT2D eigenvalue weighted by Gasteiger charge is -2.24. The molecule has 2 N–H and O–H groups in total. The summed E-state index contributed by atoms with van der Waals surface area (Å²) in [6.07, 6.45) is 1.44. The van der Waals surface area contributed by atoms with Gasteiger partial charge < -0.3 is 5.32 Å². The van der Waals surface area contributed by atoms with Gasteiger partial charge in [0.25, 0.3) is 20.0 Å². The lowest BCUT2D eigenvalue weighted by atomic mass is 10.3. The largest absolute Gasteiger partial charge is 0.325 e. The summed E-state index contributed by atoms with van der Waals surface area (Å²) in [6, 6.07) is 20.8. The fraction of sp³-hybridized carbons (Fsp3) is 0.0400. The molecule has 0 saturated heterocycles. The minimum Gasteiger partial charge on any atom is -0.325 e. The number of amides is 1. The van der Waals surface area contributed by atoms with Crippen LogP contribution in [0.25, 0.3) is 0 Å². The van der Waals surface area contributed by atoms with Crippen LogP contribution in [-0.2, 0) is 24.8 Å². The Balaban J connectivity index is 1.54. The smallest absolute Gasteiger partial charge is 0.264 e. The number of halogens is 2. The van der Waals surface area contributed by atoms with Gasteiger partial charge in [0, 0.05) is 11.9 Å². The molecule has 196 valence electrons. The van der Waals surface area contributed by atoms with Crippen LogP contribution in [0.5, 0.6) is 0 Å². The van der Waals surface area contributed by atoms with Crippen molar-refractivity contribution in [1.82, 2.24) is 4.98 Å². The number of hydrogen-bond acceptors (Lipinski definition) is 6. The van der Waals surface area contributed by atoms with Crippen molar-refractivity contribution in [2.75, 3.05) is 20.9 Å². The van der Waals surface area contributed by atoms with Gasteiger partial charge in [-0.2, -0.15) is 0 Å². The topological polar surface area (TPSA) is 126 Å².